The lowest BCUT2D eigenvalue weighted by Crippen LogP contribution is -2.54. The molecule has 3 heterocycles. The van der Waals surface area contributed by atoms with Crippen molar-refractivity contribution in [3.63, 3.8) is 0 Å². The van der Waals surface area contributed by atoms with Crippen LogP contribution in [0.1, 0.15) is 30.5 Å². The van der Waals surface area contributed by atoms with Gasteiger partial charge in [0.15, 0.2) is 0 Å². The van der Waals surface area contributed by atoms with E-state index in [1.165, 1.54) is 0 Å². The Balaban J connectivity index is 1.50. The molecule has 1 N–H and O–H groups in total. The second-order valence-electron chi connectivity index (χ2n) is 7.88. The van der Waals surface area contributed by atoms with Crippen LogP contribution in [-0.4, -0.2) is 58.8 Å². The van der Waals surface area contributed by atoms with Gasteiger partial charge in [0.1, 0.15) is 0 Å². The molecule has 29 heavy (non-hydrogen) atoms. The summed E-state index contributed by atoms with van der Waals surface area (Å²) >= 11 is 0. The third-order valence-corrected chi connectivity index (χ3v) is 6.08. The van der Waals surface area contributed by atoms with E-state index in [4.69, 9.17) is 0 Å². The van der Waals surface area contributed by atoms with Gasteiger partial charge in [0.25, 0.3) is 0 Å². The van der Waals surface area contributed by atoms with Gasteiger partial charge in [0.05, 0.1) is 18.5 Å². The molecule has 4 rings (SSSR count). The van der Waals surface area contributed by atoms with E-state index in [0.717, 1.165) is 30.6 Å². The van der Waals surface area contributed by atoms with Gasteiger partial charge in [-0.25, -0.2) is 0 Å². The number of rotatable bonds is 6. The van der Waals surface area contributed by atoms with Crippen LogP contribution in [0.25, 0.3) is 0 Å². The first kappa shape index (κ1) is 19.6. The number of nitrogens with one attached hydrogen (secondary N) is 1. The van der Waals surface area contributed by atoms with Crippen molar-refractivity contribution in [1.29, 1.82) is 0 Å². The number of hydrogen-bond acceptors (Lipinski definition) is 4. The van der Waals surface area contributed by atoms with E-state index in [1.807, 2.05) is 53.6 Å². The third kappa shape index (κ3) is 4.17. The maximum absolute atomic E-state index is 13.1. The highest BCUT2D eigenvalue weighted by Gasteiger charge is 2.49. The number of hydrogen-bond donors (Lipinski definition) is 1. The summed E-state index contributed by atoms with van der Waals surface area (Å²) in [6.45, 7) is 4.78. The van der Waals surface area contributed by atoms with Gasteiger partial charge in [-0.3, -0.25) is 19.5 Å². The Hall–Kier alpha value is -2.73. The fraction of sp³-hybridized carbons (Fsp3) is 0.435. The molecule has 2 aromatic rings. The van der Waals surface area contributed by atoms with Gasteiger partial charge in [0, 0.05) is 31.5 Å². The Morgan fingerprint density at radius 2 is 2.03 bits per heavy atom. The lowest BCUT2D eigenvalue weighted by Gasteiger charge is -2.39. The van der Waals surface area contributed by atoms with Gasteiger partial charge in [-0.15, -0.1) is 0 Å². The molecule has 0 aliphatic carbocycles. The van der Waals surface area contributed by atoms with Crippen molar-refractivity contribution in [2.45, 2.75) is 31.8 Å². The zero-order chi connectivity index (χ0) is 20.2. The van der Waals surface area contributed by atoms with E-state index in [2.05, 4.69) is 22.1 Å². The molecule has 3 atom stereocenters. The van der Waals surface area contributed by atoms with Gasteiger partial charge in [-0.2, -0.15) is 0 Å². The molecule has 0 radical (unpaired) electrons. The van der Waals surface area contributed by atoms with Crippen LogP contribution in [0, 0.1) is 5.92 Å². The molecular formula is C23H28N4O2. The number of piperazine rings is 1. The summed E-state index contributed by atoms with van der Waals surface area (Å²) in [5, 5.41) is 3.10. The van der Waals surface area contributed by atoms with Crippen molar-refractivity contribution >= 4 is 11.8 Å². The van der Waals surface area contributed by atoms with Crippen LogP contribution < -0.4 is 5.32 Å². The van der Waals surface area contributed by atoms with Gasteiger partial charge in [-0.05, 0) is 36.6 Å². The number of amides is 2. The summed E-state index contributed by atoms with van der Waals surface area (Å²) < 4.78 is 0. The van der Waals surface area contributed by atoms with Gasteiger partial charge >= 0.3 is 0 Å². The first-order chi connectivity index (χ1) is 14.2. The highest BCUT2D eigenvalue weighted by atomic mass is 16.2. The molecule has 0 unspecified atom stereocenters. The Kier molecular flexibility index (Phi) is 5.90. The number of nitrogens with zero attached hydrogens (tertiary/aromatic N) is 3. The third-order valence-electron chi connectivity index (χ3n) is 6.08. The normalized spacial score (nSPS) is 24.4. The van der Waals surface area contributed by atoms with Gasteiger partial charge < -0.3 is 10.2 Å². The standard InChI is InChI=1S/C23H28N4O2/c1-2-26-15-19-13-20(23(29)25-12-10-17-7-6-11-24-14-17)22(27(19)21(28)16-26)18-8-4-3-5-9-18/h3-9,11,14,19-20,22H,2,10,12-13,15-16H2,1H3,(H,25,29)/t19-,20-,22-/m1/s1. The quantitative estimate of drug-likeness (QED) is 0.817. The van der Waals surface area contributed by atoms with E-state index < -0.39 is 0 Å². The number of carbonyl (C=O) groups excluding carboxylic acids is 2. The predicted molar refractivity (Wildman–Crippen MR) is 111 cm³/mol. The number of benzene rings is 1. The highest BCUT2D eigenvalue weighted by Crippen LogP contribution is 2.42. The fourth-order valence-electron chi connectivity index (χ4n) is 4.65. The first-order valence-electron chi connectivity index (χ1n) is 10.4. The van der Waals surface area contributed by atoms with Crippen LogP contribution >= 0.6 is 0 Å². The van der Waals surface area contributed by atoms with Crippen LogP contribution in [-0.2, 0) is 16.0 Å². The van der Waals surface area contributed by atoms with Crippen molar-refractivity contribution in [3.05, 3.63) is 66.0 Å². The molecule has 0 spiro atoms. The number of likely N-dealkylation sites (N-methyl/N-ethyl adjacent to an activating group) is 1. The zero-order valence-electron chi connectivity index (χ0n) is 16.8. The number of carbonyl (C=O) groups is 2. The minimum atomic E-state index is -0.225. The number of pyridine rings is 1. The van der Waals surface area contributed by atoms with Crippen LogP contribution in [0.2, 0.25) is 0 Å². The summed E-state index contributed by atoms with van der Waals surface area (Å²) in [7, 11) is 0. The Labute approximate surface area is 171 Å². The van der Waals surface area contributed by atoms with Crippen LogP contribution in [0.4, 0.5) is 0 Å². The number of fused-ring (bicyclic) bond motifs is 1. The molecule has 6 heteroatoms. The van der Waals surface area contributed by atoms with E-state index in [1.54, 1.807) is 6.20 Å². The topological polar surface area (TPSA) is 65.5 Å². The van der Waals surface area contributed by atoms with Gasteiger partial charge in [-0.1, -0.05) is 43.3 Å². The Bertz CT molecular complexity index is 842. The molecule has 6 nitrogen and oxygen atoms in total. The van der Waals surface area contributed by atoms with E-state index in [-0.39, 0.29) is 29.8 Å². The van der Waals surface area contributed by atoms with Crippen LogP contribution in [0.5, 0.6) is 0 Å². The SMILES string of the molecule is CCN1CC(=O)N2[C@H](C[C@@H](C(=O)NCCc3cccnc3)[C@H]2c2ccccc2)C1. The molecule has 0 saturated carbocycles. The van der Waals surface area contributed by atoms with Crippen LogP contribution in [0.3, 0.4) is 0 Å². The Morgan fingerprint density at radius 3 is 2.76 bits per heavy atom. The maximum Gasteiger partial charge on any atom is 0.237 e. The van der Waals surface area contributed by atoms with Gasteiger partial charge in [0.2, 0.25) is 11.8 Å². The predicted octanol–water partition coefficient (Wildman–Crippen LogP) is 2.03. The molecule has 2 saturated heterocycles. The number of aromatic nitrogens is 1. The van der Waals surface area contributed by atoms with Crippen molar-refractivity contribution < 1.29 is 9.59 Å². The maximum atomic E-state index is 13.1. The molecule has 2 fully saturated rings. The Morgan fingerprint density at radius 1 is 1.21 bits per heavy atom. The molecule has 152 valence electrons. The summed E-state index contributed by atoms with van der Waals surface area (Å²) in [5.74, 6) is -0.0624. The summed E-state index contributed by atoms with van der Waals surface area (Å²) in [4.78, 5) is 34.4. The minimum absolute atomic E-state index is 0.0352. The molecule has 2 amide bonds. The molecule has 1 aromatic heterocycles. The largest absolute Gasteiger partial charge is 0.355 e. The lowest BCUT2D eigenvalue weighted by molar-refractivity contribution is -0.140. The van der Waals surface area contributed by atoms with Crippen molar-refractivity contribution in [2.24, 2.45) is 5.92 Å². The van der Waals surface area contributed by atoms with E-state index in [9.17, 15) is 9.59 Å². The van der Waals surface area contributed by atoms with Crippen molar-refractivity contribution in [3.8, 4) is 0 Å². The summed E-state index contributed by atoms with van der Waals surface area (Å²) in [6.07, 6.45) is 5.03. The summed E-state index contributed by atoms with van der Waals surface area (Å²) in [6, 6.07) is 13.8. The molecular weight excluding hydrogens is 364 g/mol. The highest BCUT2D eigenvalue weighted by molar-refractivity contribution is 5.85. The van der Waals surface area contributed by atoms with Crippen molar-refractivity contribution in [1.82, 2.24) is 20.1 Å². The zero-order valence-corrected chi connectivity index (χ0v) is 16.8. The second-order valence-corrected chi connectivity index (χ2v) is 7.88. The monoisotopic (exact) mass is 392 g/mol. The molecule has 2 aliphatic rings. The average Bonchev–Trinajstić information content (AvgIpc) is 3.15. The molecule has 2 aliphatic heterocycles. The van der Waals surface area contributed by atoms with E-state index in [0.29, 0.717) is 19.5 Å². The second kappa shape index (κ2) is 8.74. The van der Waals surface area contributed by atoms with E-state index >= 15 is 0 Å². The molecule has 1 aromatic carbocycles. The molecule has 0 bridgehead atoms. The van der Waals surface area contributed by atoms with Crippen LogP contribution in [0.15, 0.2) is 54.9 Å². The van der Waals surface area contributed by atoms with Crippen molar-refractivity contribution in [2.75, 3.05) is 26.2 Å². The lowest BCUT2D eigenvalue weighted by atomic mass is 9.92. The first-order valence-corrected chi connectivity index (χ1v) is 10.4. The average molecular weight is 393 g/mol. The fourth-order valence-corrected chi connectivity index (χ4v) is 4.65. The smallest absolute Gasteiger partial charge is 0.237 e. The summed E-state index contributed by atoms with van der Waals surface area (Å²) in [5.41, 5.74) is 2.14. The minimum Gasteiger partial charge on any atom is -0.355 e.